The van der Waals surface area contributed by atoms with Crippen molar-refractivity contribution in [1.82, 2.24) is 15.2 Å². The Hall–Kier alpha value is -3.82. The smallest absolute Gasteiger partial charge is 0.322 e. The van der Waals surface area contributed by atoms with Crippen LogP contribution in [0.3, 0.4) is 0 Å². The third-order valence-corrected chi connectivity index (χ3v) is 6.87. The number of benzene rings is 1. The fourth-order valence-electron chi connectivity index (χ4n) is 5.01. The van der Waals surface area contributed by atoms with E-state index in [-0.39, 0.29) is 43.3 Å². The van der Waals surface area contributed by atoms with Gasteiger partial charge in [0.1, 0.15) is 11.8 Å². The molecule has 200 valence electrons. The summed E-state index contributed by atoms with van der Waals surface area (Å²) in [6.07, 6.45) is -2.02. The Bertz CT molecular complexity index is 1320. The Morgan fingerprint density at radius 3 is 2.45 bits per heavy atom. The number of nitrogens with zero attached hydrogens (tertiary/aromatic N) is 3. The lowest BCUT2D eigenvalue weighted by Gasteiger charge is -2.29. The Morgan fingerprint density at radius 1 is 1.03 bits per heavy atom. The first-order valence-electron chi connectivity index (χ1n) is 12.7. The molecule has 1 aromatic carbocycles. The van der Waals surface area contributed by atoms with Crippen LogP contribution in [0.15, 0.2) is 47.6 Å². The number of amides is 3. The molecule has 3 aliphatic rings. The fourth-order valence-corrected chi connectivity index (χ4v) is 5.01. The van der Waals surface area contributed by atoms with E-state index < -0.39 is 29.8 Å². The number of aliphatic imine (C=N–C) groups is 1. The second-order valence-corrected chi connectivity index (χ2v) is 9.25. The van der Waals surface area contributed by atoms with Crippen LogP contribution in [0.5, 0.6) is 0 Å². The average Bonchev–Trinajstić information content (AvgIpc) is 3.10. The third-order valence-electron chi connectivity index (χ3n) is 6.87. The van der Waals surface area contributed by atoms with Crippen LogP contribution in [0.4, 0.5) is 13.2 Å². The van der Waals surface area contributed by atoms with Crippen molar-refractivity contribution < 1.29 is 27.6 Å². The van der Waals surface area contributed by atoms with Crippen LogP contribution in [-0.4, -0.2) is 45.5 Å². The van der Waals surface area contributed by atoms with E-state index in [0.29, 0.717) is 34.4 Å². The molecule has 4 heterocycles. The maximum Gasteiger partial charge on any atom is 0.429 e. The number of carbonyl (C=O) groups is 3. The van der Waals surface area contributed by atoms with Gasteiger partial charge in [0.05, 0.1) is 11.4 Å². The van der Waals surface area contributed by atoms with Crippen molar-refractivity contribution in [2.24, 2.45) is 10.9 Å². The number of pyridine rings is 1. The number of aromatic nitrogens is 1. The van der Waals surface area contributed by atoms with E-state index in [1.807, 2.05) is 13.8 Å². The zero-order chi connectivity index (χ0) is 27.6. The monoisotopic (exact) mass is 526 g/mol. The van der Waals surface area contributed by atoms with E-state index in [0.717, 1.165) is 0 Å². The molecule has 10 heteroatoms. The van der Waals surface area contributed by atoms with E-state index >= 15 is 0 Å². The van der Waals surface area contributed by atoms with Crippen LogP contribution < -0.4 is 5.32 Å². The van der Waals surface area contributed by atoms with Crippen molar-refractivity contribution in [3.8, 4) is 0 Å². The number of piperidine rings is 1. The lowest BCUT2D eigenvalue weighted by Crippen LogP contribution is -2.52. The van der Waals surface area contributed by atoms with Gasteiger partial charge in [-0.25, -0.2) is 4.99 Å². The molecule has 38 heavy (non-hydrogen) atoms. The molecule has 0 spiro atoms. The molecule has 1 fully saturated rings. The van der Waals surface area contributed by atoms with Crippen molar-refractivity contribution in [3.63, 3.8) is 0 Å². The van der Waals surface area contributed by atoms with Crippen LogP contribution in [0.2, 0.25) is 0 Å². The quantitative estimate of drug-likeness (QED) is 0.559. The van der Waals surface area contributed by atoms with Gasteiger partial charge in [-0.05, 0) is 49.1 Å². The Labute approximate surface area is 218 Å². The molecule has 1 saturated heterocycles. The van der Waals surface area contributed by atoms with E-state index in [2.05, 4.69) is 15.3 Å². The molecule has 0 saturated carbocycles. The Morgan fingerprint density at radius 2 is 1.79 bits per heavy atom. The number of carbonyl (C=O) groups excluding carboxylic acids is 3. The molecular weight excluding hydrogens is 497 g/mol. The minimum absolute atomic E-state index is 0.118. The number of fused-ring (bicyclic) bond motifs is 1. The van der Waals surface area contributed by atoms with E-state index in [1.54, 1.807) is 42.6 Å². The summed E-state index contributed by atoms with van der Waals surface area (Å²) in [4.78, 5) is 46.8. The molecule has 0 bridgehead atoms. The first-order chi connectivity index (χ1) is 18.1. The summed E-state index contributed by atoms with van der Waals surface area (Å²) in [5, 5.41) is 2.26. The Balaban J connectivity index is 0.00000164. The number of halogens is 3. The predicted molar refractivity (Wildman–Crippen MR) is 137 cm³/mol. The summed E-state index contributed by atoms with van der Waals surface area (Å²) in [6.45, 7) is 5.64. The van der Waals surface area contributed by atoms with Gasteiger partial charge in [0.25, 0.3) is 5.91 Å². The molecule has 2 atom stereocenters. The van der Waals surface area contributed by atoms with Gasteiger partial charge in [-0.2, -0.15) is 13.2 Å². The molecule has 1 N–H and O–H groups in total. The summed E-state index contributed by atoms with van der Waals surface area (Å²) < 4.78 is 41.7. The number of hydrogen-bond acceptors (Lipinski definition) is 5. The number of nitrogens with one attached hydrogen (secondary N) is 1. The van der Waals surface area contributed by atoms with Gasteiger partial charge in [0.2, 0.25) is 11.8 Å². The molecule has 7 nitrogen and oxygen atoms in total. The molecule has 1 aromatic heterocycles. The van der Waals surface area contributed by atoms with Gasteiger partial charge in [0.15, 0.2) is 0 Å². The molecular formula is C28H29F3N4O3. The zero-order valence-electron chi connectivity index (χ0n) is 21.4. The number of hydrogen-bond donors (Lipinski definition) is 1. The summed E-state index contributed by atoms with van der Waals surface area (Å²) in [7, 11) is 0. The van der Waals surface area contributed by atoms with Gasteiger partial charge in [0, 0.05) is 41.8 Å². The molecule has 2 unspecified atom stereocenters. The average molecular weight is 527 g/mol. The minimum Gasteiger partial charge on any atom is -0.322 e. The van der Waals surface area contributed by atoms with Gasteiger partial charge >= 0.3 is 6.18 Å². The first-order valence-corrected chi connectivity index (χ1v) is 12.7. The summed E-state index contributed by atoms with van der Waals surface area (Å²) in [6, 6.07) is 9.31. The molecule has 2 aromatic rings. The van der Waals surface area contributed by atoms with Crippen LogP contribution >= 0.6 is 0 Å². The topological polar surface area (TPSA) is 91.7 Å². The predicted octanol–water partition coefficient (Wildman–Crippen LogP) is 5.17. The van der Waals surface area contributed by atoms with Crippen molar-refractivity contribution in [2.45, 2.75) is 65.2 Å². The number of imide groups is 1. The van der Waals surface area contributed by atoms with E-state index in [9.17, 15) is 27.6 Å². The molecule has 0 aliphatic carbocycles. The molecule has 0 radical (unpaired) electrons. The minimum atomic E-state index is -4.58. The SMILES string of the molecule is CC.CC1CCC(c2ccccn2)=C(c2ccc3c(c2)CN(C2CCC(=O)NC2=O)C3=O)N=C1C(F)(F)F. The van der Waals surface area contributed by atoms with Crippen LogP contribution in [-0.2, 0) is 16.1 Å². The highest BCUT2D eigenvalue weighted by Gasteiger charge is 2.42. The molecule has 3 aliphatic heterocycles. The van der Waals surface area contributed by atoms with Crippen molar-refractivity contribution in [1.29, 1.82) is 0 Å². The largest absolute Gasteiger partial charge is 0.429 e. The van der Waals surface area contributed by atoms with Gasteiger partial charge < -0.3 is 4.90 Å². The van der Waals surface area contributed by atoms with Gasteiger partial charge in [-0.15, -0.1) is 0 Å². The van der Waals surface area contributed by atoms with E-state index in [1.165, 1.54) is 11.8 Å². The number of alkyl halides is 3. The second-order valence-electron chi connectivity index (χ2n) is 9.25. The molecule has 5 rings (SSSR count). The Kier molecular flexibility index (Phi) is 7.80. The normalized spacial score (nSPS) is 21.8. The zero-order valence-corrected chi connectivity index (χ0v) is 21.4. The second kappa shape index (κ2) is 10.9. The molecule has 3 amide bonds. The standard InChI is InChI=1S/C26H23F3N4O3.C2H6/c1-14-5-7-18(19-4-2-3-11-30-19)22(32-23(14)26(27,28)29)15-6-8-17-16(12-15)13-33(25(17)36)20-9-10-21(34)31-24(20)35;1-2/h2-4,6,8,11-12,14,20H,5,7,9-10,13H2,1H3,(H,31,34,35);1-2H3. The van der Waals surface area contributed by atoms with E-state index in [4.69, 9.17) is 0 Å². The van der Waals surface area contributed by atoms with Crippen LogP contribution in [0.1, 0.15) is 73.6 Å². The van der Waals surface area contributed by atoms with Crippen LogP contribution in [0.25, 0.3) is 11.3 Å². The number of allylic oxidation sites excluding steroid dienone is 1. The van der Waals surface area contributed by atoms with Gasteiger partial charge in [-0.3, -0.25) is 24.7 Å². The summed E-state index contributed by atoms with van der Waals surface area (Å²) in [5.74, 6) is -2.04. The maximum atomic E-state index is 13.9. The number of rotatable bonds is 3. The highest BCUT2D eigenvalue weighted by Crippen LogP contribution is 2.39. The van der Waals surface area contributed by atoms with Crippen molar-refractivity contribution >= 4 is 34.7 Å². The highest BCUT2D eigenvalue weighted by atomic mass is 19.4. The summed E-state index contributed by atoms with van der Waals surface area (Å²) >= 11 is 0. The lowest BCUT2D eigenvalue weighted by atomic mass is 9.94. The van der Waals surface area contributed by atoms with Crippen molar-refractivity contribution in [3.05, 3.63) is 65.0 Å². The maximum absolute atomic E-state index is 13.9. The fraction of sp³-hybridized carbons (Fsp3) is 0.393. The third kappa shape index (κ3) is 5.25. The highest BCUT2D eigenvalue weighted by molar-refractivity contribution is 6.06. The van der Waals surface area contributed by atoms with Gasteiger partial charge in [-0.1, -0.05) is 32.9 Å². The first kappa shape index (κ1) is 27.2. The summed E-state index contributed by atoms with van der Waals surface area (Å²) in [5.41, 5.74) is 1.91. The van der Waals surface area contributed by atoms with Crippen LogP contribution in [0, 0.1) is 5.92 Å². The van der Waals surface area contributed by atoms with Crippen molar-refractivity contribution in [2.75, 3.05) is 0 Å². The lowest BCUT2D eigenvalue weighted by molar-refractivity contribution is -0.136.